The zero-order chi connectivity index (χ0) is 9.10. The monoisotopic (exact) mass is 213 g/mol. The van der Waals surface area contributed by atoms with Crippen LogP contribution in [0.25, 0.3) is 0 Å². The van der Waals surface area contributed by atoms with Crippen molar-refractivity contribution in [1.29, 1.82) is 0 Å². The van der Waals surface area contributed by atoms with Crippen LogP contribution in [0.4, 0.5) is 5.69 Å². The summed E-state index contributed by atoms with van der Waals surface area (Å²) in [5, 5.41) is 4.28. The van der Waals surface area contributed by atoms with Crippen LogP contribution in [0.1, 0.15) is 6.42 Å². The molecule has 1 N–H and O–H groups in total. The van der Waals surface area contributed by atoms with Crippen molar-refractivity contribution in [1.82, 2.24) is 0 Å². The van der Waals surface area contributed by atoms with Gasteiger partial charge in [-0.05, 0) is 30.4 Å². The molecule has 1 fully saturated rings. The molecule has 1 heterocycles. The Morgan fingerprint density at radius 2 is 2.38 bits per heavy atom. The highest BCUT2D eigenvalue weighted by Crippen LogP contribution is 2.22. The molecule has 1 nitrogen and oxygen atoms in total. The van der Waals surface area contributed by atoms with Crippen molar-refractivity contribution >= 4 is 29.1 Å². The first-order chi connectivity index (χ1) is 6.34. The topological polar surface area (TPSA) is 12.0 Å². The van der Waals surface area contributed by atoms with Crippen molar-refractivity contribution in [2.75, 3.05) is 16.8 Å². The first-order valence-electron chi connectivity index (χ1n) is 4.44. The van der Waals surface area contributed by atoms with Crippen molar-refractivity contribution in [3.05, 3.63) is 29.3 Å². The summed E-state index contributed by atoms with van der Waals surface area (Å²) in [6.45, 7) is 0. The van der Waals surface area contributed by atoms with Gasteiger partial charge in [-0.1, -0.05) is 17.7 Å². The van der Waals surface area contributed by atoms with Gasteiger partial charge >= 0.3 is 0 Å². The molecule has 3 heteroatoms. The molecule has 0 bridgehead atoms. The van der Waals surface area contributed by atoms with Gasteiger partial charge in [-0.15, -0.1) is 0 Å². The van der Waals surface area contributed by atoms with Crippen LogP contribution in [0.3, 0.4) is 0 Å². The van der Waals surface area contributed by atoms with E-state index < -0.39 is 0 Å². The van der Waals surface area contributed by atoms with Gasteiger partial charge in [0, 0.05) is 22.5 Å². The predicted molar refractivity (Wildman–Crippen MR) is 60.8 cm³/mol. The van der Waals surface area contributed by atoms with Crippen molar-refractivity contribution in [3.63, 3.8) is 0 Å². The molecule has 70 valence electrons. The molecule has 1 aromatic rings. The van der Waals surface area contributed by atoms with Crippen LogP contribution < -0.4 is 5.32 Å². The van der Waals surface area contributed by atoms with Crippen molar-refractivity contribution in [2.24, 2.45) is 0 Å². The molecule has 0 radical (unpaired) electrons. The third-order valence-electron chi connectivity index (χ3n) is 2.13. The quantitative estimate of drug-likeness (QED) is 0.810. The smallest absolute Gasteiger partial charge is 0.0426 e. The highest BCUT2D eigenvalue weighted by Gasteiger charge is 2.14. The molecule has 1 unspecified atom stereocenters. The maximum atomic E-state index is 5.89. The van der Waals surface area contributed by atoms with Crippen LogP contribution in [0.5, 0.6) is 0 Å². The first kappa shape index (κ1) is 9.22. The second-order valence-corrected chi connectivity index (χ2v) is 4.80. The Morgan fingerprint density at radius 1 is 1.46 bits per heavy atom. The fraction of sp³-hybridized carbons (Fsp3) is 0.400. The summed E-state index contributed by atoms with van der Waals surface area (Å²) in [6.07, 6.45) is 1.26. The van der Waals surface area contributed by atoms with Crippen LogP contribution in [0.2, 0.25) is 5.02 Å². The van der Waals surface area contributed by atoms with Crippen molar-refractivity contribution < 1.29 is 0 Å². The zero-order valence-electron chi connectivity index (χ0n) is 7.29. The van der Waals surface area contributed by atoms with Gasteiger partial charge < -0.3 is 5.32 Å². The number of thioether (sulfide) groups is 1. The Balaban J connectivity index is 2.00. The molecule has 1 aliphatic rings. The number of benzene rings is 1. The molecular formula is C10H12ClNS. The van der Waals surface area contributed by atoms with Gasteiger partial charge in [0.1, 0.15) is 0 Å². The normalized spacial score (nSPS) is 21.8. The van der Waals surface area contributed by atoms with Gasteiger partial charge in [-0.2, -0.15) is 11.8 Å². The van der Waals surface area contributed by atoms with Gasteiger partial charge in [0.2, 0.25) is 0 Å². The van der Waals surface area contributed by atoms with E-state index in [1.165, 1.54) is 17.9 Å². The molecule has 13 heavy (non-hydrogen) atoms. The summed E-state index contributed by atoms with van der Waals surface area (Å²) < 4.78 is 0. The molecule has 1 saturated heterocycles. The van der Waals surface area contributed by atoms with E-state index in [0.29, 0.717) is 6.04 Å². The minimum Gasteiger partial charge on any atom is -0.381 e. The van der Waals surface area contributed by atoms with Crippen LogP contribution in [-0.2, 0) is 0 Å². The zero-order valence-corrected chi connectivity index (χ0v) is 8.87. The molecular weight excluding hydrogens is 202 g/mol. The average Bonchev–Trinajstić information content (AvgIpc) is 2.57. The molecule has 1 aliphatic heterocycles. The summed E-state index contributed by atoms with van der Waals surface area (Å²) in [6, 6.07) is 8.55. The summed E-state index contributed by atoms with van der Waals surface area (Å²) in [4.78, 5) is 0. The molecule has 0 aliphatic carbocycles. The van der Waals surface area contributed by atoms with E-state index in [1.54, 1.807) is 0 Å². The second kappa shape index (κ2) is 4.25. The Labute approximate surface area is 87.9 Å². The fourth-order valence-corrected chi connectivity index (χ4v) is 2.80. The van der Waals surface area contributed by atoms with Crippen LogP contribution in [0.15, 0.2) is 24.3 Å². The number of hydrogen-bond donors (Lipinski definition) is 1. The van der Waals surface area contributed by atoms with E-state index in [0.717, 1.165) is 10.7 Å². The number of anilines is 1. The second-order valence-electron chi connectivity index (χ2n) is 3.22. The fourth-order valence-electron chi connectivity index (χ4n) is 1.46. The molecule has 0 amide bonds. The summed E-state index contributed by atoms with van der Waals surface area (Å²) >= 11 is 7.90. The largest absolute Gasteiger partial charge is 0.381 e. The van der Waals surface area contributed by atoms with E-state index in [1.807, 2.05) is 30.0 Å². The Morgan fingerprint density at radius 3 is 3.08 bits per heavy atom. The molecule has 2 rings (SSSR count). The SMILES string of the molecule is Clc1cccc(NC2CCSC2)c1. The highest BCUT2D eigenvalue weighted by molar-refractivity contribution is 7.99. The van der Waals surface area contributed by atoms with Gasteiger partial charge in [-0.25, -0.2) is 0 Å². The van der Waals surface area contributed by atoms with Gasteiger partial charge in [0.25, 0.3) is 0 Å². The van der Waals surface area contributed by atoms with Crippen LogP contribution in [0, 0.1) is 0 Å². The number of rotatable bonds is 2. The predicted octanol–water partition coefficient (Wildman–Crippen LogP) is 3.26. The molecule has 0 aromatic heterocycles. The lowest BCUT2D eigenvalue weighted by molar-refractivity contribution is 0.813. The molecule has 0 saturated carbocycles. The minimum atomic E-state index is 0.628. The highest BCUT2D eigenvalue weighted by atomic mass is 35.5. The maximum absolute atomic E-state index is 5.89. The summed E-state index contributed by atoms with van der Waals surface area (Å²) in [5.41, 5.74) is 1.14. The third kappa shape index (κ3) is 2.55. The lowest BCUT2D eigenvalue weighted by Gasteiger charge is -2.12. The van der Waals surface area contributed by atoms with Gasteiger partial charge in [0.05, 0.1) is 0 Å². The van der Waals surface area contributed by atoms with E-state index in [4.69, 9.17) is 11.6 Å². The van der Waals surface area contributed by atoms with E-state index in [2.05, 4.69) is 11.4 Å². The Hall–Kier alpha value is -0.340. The molecule has 0 spiro atoms. The Kier molecular flexibility index (Phi) is 3.01. The standard InChI is InChI=1S/C10H12ClNS/c11-8-2-1-3-9(6-8)12-10-4-5-13-7-10/h1-3,6,10,12H,4-5,7H2. The number of hydrogen-bond acceptors (Lipinski definition) is 2. The van der Waals surface area contributed by atoms with Crippen LogP contribution >= 0.6 is 23.4 Å². The number of nitrogens with one attached hydrogen (secondary N) is 1. The van der Waals surface area contributed by atoms with Crippen molar-refractivity contribution in [3.8, 4) is 0 Å². The van der Waals surface area contributed by atoms with Crippen LogP contribution in [-0.4, -0.2) is 17.5 Å². The van der Waals surface area contributed by atoms with Crippen molar-refractivity contribution in [2.45, 2.75) is 12.5 Å². The van der Waals surface area contributed by atoms with E-state index >= 15 is 0 Å². The number of halogens is 1. The average molecular weight is 214 g/mol. The lowest BCUT2D eigenvalue weighted by Crippen LogP contribution is -2.17. The lowest BCUT2D eigenvalue weighted by atomic mass is 10.2. The molecule has 1 atom stereocenters. The Bertz CT molecular complexity index is 284. The molecule has 1 aromatic carbocycles. The maximum Gasteiger partial charge on any atom is 0.0426 e. The summed E-state index contributed by atoms with van der Waals surface area (Å²) in [5.74, 6) is 2.49. The minimum absolute atomic E-state index is 0.628. The van der Waals surface area contributed by atoms with E-state index in [9.17, 15) is 0 Å². The first-order valence-corrected chi connectivity index (χ1v) is 5.98. The van der Waals surface area contributed by atoms with Gasteiger partial charge in [-0.3, -0.25) is 0 Å². The summed E-state index contributed by atoms with van der Waals surface area (Å²) in [7, 11) is 0. The van der Waals surface area contributed by atoms with Gasteiger partial charge in [0.15, 0.2) is 0 Å². The third-order valence-corrected chi connectivity index (χ3v) is 3.52. The van der Waals surface area contributed by atoms with E-state index in [-0.39, 0.29) is 0 Å².